The van der Waals surface area contributed by atoms with Gasteiger partial charge in [-0.1, -0.05) is 26.7 Å². The van der Waals surface area contributed by atoms with Gasteiger partial charge >= 0.3 is 0 Å². The molecule has 2 atom stereocenters. The maximum Gasteiger partial charge on any atom is 0.0644 e. The van der Waals surface area contributed by atoms with Gasteiger partial charge in [0.05, 0.1) is 5.60 Å². The fourth-order valence-electron chi connectivity index (χ4n) is 1.77. The summed E-state index contributed by atoms with van der Waals surface area (Å²) in [4.78, 5) is 0. The number of ether oxygens (including phenoxy) is 1. The summed E-state index contributed by atoms with van der Waals surface area (Å²) in [5.74, 6) is 0.608. The average Bonchev–Trinajstić information content (AvgIpc) is 2.00. The maximum atomic E-state index is 9.96. The first kappa shape index (κ1) is 12.9. The Morgan fingerprint density at radius 3 is 2.54 bits per heavy atom. The molecule has 2 nitrogen and oxygen atoms in total. The van der Waals surface area contributed by atoms with Crippen LogP contribution in [0.2, 0.25) is 0 Å². The first-order chi connectivity index (χ1) is 6.02. The maximum absolute atomic E-state index is 9.96. The molecule has 2 unspecified atom stereocenters. The van der Waals surface area contributed by atoms with Gasteiger partial charge in [0.2, 0.25) is 0 Å². The van der Waals surface area contributed by atoms with Crippen molar-refractivity contribution in [3.63, 3.8) is 0 Å². The van der Waals surface area contributed by atoms with Gasteiger partial charge in [-0.25, -0.2) is 0 Å². The third-order valence-electron chi connectivity index (χ3n) is 2.41. The van der Waals surface area contributed by atoms with Crippen molar-refractivity contribution < 1.29 is 9.84 Å². The first-order valence-electron chi connectivity index (χ1n) is 5.23. The summed E-state index contributed by atoms with van der Waals surface area (Å²) in [5.41, 5.74) is -0.551. The molecule has 0 aromatic carbocycles. The molecule has 2 heteroatoms. The van der Waals surface area contributed by atoms with E-state index in [1.165, 1.54) is 12.8 Å². The largest absolute Gasteiger partial charge is 0.390 e. The quantitative estimate of drug-likeness (QED) is 0.665. The SMILES string of the molecule is CCCC(C)CC(C)(O)CCOC. The number of hydrogen-bond donors (Lipinski definition) is 1. The molecule has 0 saturated heterocycles. The van der Waals surface area contributed by atoms with Crippen LogP contribution in [0.5, 0.6) is 0 Å². The van der Waals surface area contributed by atoms with E-state index < -0.39 is 5.60 Å². The predicted molar refractivity (Wildman–Crippen MR) is 55.8 cm³/mol. The molecule has 0 heterocycles. The van der Waals surface area contributed by atoms with Crippen molar-refractivity contribution in [1.82, 2.24) is 0 Å². The van der Waals surface area contributed by atoms with E-state index in [1.54, 1.807) is 7.11 Å². The second kappa shape index (κ2) is 6.39. The molecule has 0 bridgehead atoms. The zero-order valence-electron chi connectivity index (χ0n) is 9.47. The fourth-order valence-corrected chi connectivity index (χ4v) is 1.77. The Balaban J connectivity index is 3.71. The Morgan fingerprint density at radius 1 is 1.46 bits per heavy atom. The van der Waals surface area contributed by atoms with E-state index in [0.717, 1.165) is 12.8 Å². The van der Waals surface area contributed by atoms with Crippen LogP contribution in [0.25, 0.3) is 0 Å². The minimum atomic E-state index is -0.551. The lowest BCUT2D eigenvalue weighted by molar-refractivity contribution is 0.00490. The molecule has 0 aliphatic carbocycles. The Kier molecular flexibility index (Phi) is 6.35. The van der Waals surface area contributed by atoms with Gasteiger partial charge in [0, 0.05) is 13.7 Å². The molecule has 0 amide bonds. The molecule has 0 aromatic rings. The zero-order valence-corrected chi connectivity index (χ0v) is 9.47. The van der Waals surface area contributed by atoms with Crippen molar-refractivity contribution in [1.29, 1.82) is 0 Å². The van der Waals surface area contributed by atoms with Crippen LogP contribution in [-0.4, -0.2) is 24.4 Å². The van der Waals surface area contributed by atoms with Crippen molar-refractivity contribution in [2.75, 3.05) is 13.7 Å². The highest BCUT2D eigenvalue weighted by molar-refractivity contribution is 4.74. The lowest BCUT2D eigenvalue weighted by atomic mass is 9.88. The van der Waals surface area contributed by atoms with Crippen LogP contribution < -0.4 is 0 Å². The van der Waals surface area contributed by atoms with E-state index in [1.807, 2.05) is 6.92 Å². The van der Waals surface area contributed by atoms with Gasteiger partial charge in [-0.2, -0.15) is 0 Å². The fraction of sp³-hybridized carbons (Fsp3) is 1.00. The number of methoxy groups -OCH3 is 1. The van der Waals surface area contributed by atoms with Gasteiger partial charge in [0.1, 0.15) is 0 Å². The smallest absolute Gasteiger partial charge is 0.0644 e. The molecule has 0 fully saturated rings. The minimum absolute atomic E-state index is 0.551. The van der Waals surface area contributed by atoms with Gasteiger partial charge < -0.3 is 9.84 Å². The van der Waals surface area contributed by atoms with Gasteiger partial charge in [0.25, 0.3) is 0 Å². The summed E-state index contributed by atoms with van der Waals surface area (Å²) >= 11 is 0. The summed E-state index contributed by atoms with van der Waals surface area (Å²) in [6.07, 6.45) is 4.01. The van der Waals surface area contributed by atoms with Crippen LogP contribution in [0, 0.1) is 5.92 Å². The van der Waals surface area contributed by atoms with Gasteiger partial charge in [-0.05, 0) is 25.7 Å². The van der Waals surface area contributed by atoms with E-state index >= 15 is 0 Å². The predicted octanol–water partition coefficient (Wildman–Crippen LogP) is 2.60. The van der Waals surface area contributed by atoms with Gasteiger partial charge in [-0.15, -0.1) is 0 Å². The summed E-state index contributed by atoms with van der Waals surface area (Å²) < 4.78 is 4.96. The number of hydrogen-bond acceptors (Lipinski definition) is 2. The average molecular weight is 188 g/mol. The van der Waals surface area contributed by atoms with Gasteiger partial charge in [0.15, 0.2) is 0 Å². The van der Waals surface area contributed by atoms with Crippen molar-refractivity contribution in [3.8, 4) is 0 Å². The van der Waals surface area contributed by atoms with Crippen LogP contribution in [0.15, 0.2) is 0 Å². The Hall–Kier alpha value is -0.0800. The molecule has 0 saturated carbocycles. The lowest BCUT2D eigenvalue weighted by Crippen LogP contribution is -2.28. The molecule has 0 spiro atoms. The molecular weight excluding hydrogens is 164 g/mol. The van der Waals surface area contributed by atoms with Crippen LogP contribution in [-0.2, 0) is 4.74 Å². The third kappa shape index (κ3) is 7.03. The van der Waals surface area contributed by atoms with Crippen molar-refractivity contribution in [3.05, 3.63) is 0 Å². The minimum Gasteiger partial charge on any atom is -0.390 e. The molecular formula is C11H24O2. The van der Waals surface area contributed by atoms with Crippen molar-refractivity contribution >= 4 is 0 Å². The Labute approximate surface area is 82.3 Å². The summed E-state index contributed by atoms with van der Waals surface area (Å²) in [6.45, 7) is 6.93. The topological polar surface area (TPSA) is 29.5 Å². The summed E-state index contributed by atoms with van der Waals surface area (Å²) in [6, 6.07) is 0. The van der Waals surface area contributed by atoms with E-state index in [2.05, 4.69) is 13.8 Å². The second-order valence-corrected chi connectivity index (χ2v) is 4.34. The first-order valence-corrected chi connectivity index (χ1v) is 5.23. The van der Waals surface area contributed by atoms with E-state index in [4.69, 9.17) is 4.74 Å². The van der Waals surface area contributed by atoms with Crippen LogP contribution in [0.3, 0.4) is 0 Å². The standard InChI is InChI=1S/C11H24O2/c1-5-6-10(2)9-11(3,12)7-8-13-4/h10,12H,5-9H2,1-4H3. The monoisotopic (exact) mass is 188 g/mol. The van der Waals surface area contributed by atoms with E-state index in [0.29, 0.717) is 12.5 Å². The molecule has 0 radical (unpaired) electrons. The van der Waals surface area contributed by atoms with E-state index in [9.17, 15) is 5.11 Å². The molecule has 1 N–H and O–H groups in total. The summed E-state index contributed by atoms with van der Waals surface area (Å²) in [5, 5.41) is 9.96. The lowest BCUT2D eigenvalue weighted by Gasteiger charge is -2.26. The van der Waals surface area contributed by atoms with Crippen molar-refractivity contribution in [2.45, 2.75) is 52.1 Å². The van der Waals surface area contributed by atoms with Crippen LogP contribution in [0.4, 0.5) is 0 Å². The Bertz CT molecular complexity index is 121. The molecule has 13 heavy (non-hydrogen) atoms. The second-order valence-electron chi connectivity index (χ2n) is 4.34. The zero-order chi connectivity index (χ0) is 10.3. The highest BCUT2D eigenvalue weighted by atomic mass is 16.5. The number of rotatable bonds is 7. The van der Waals surface area contributed by atoms with Crippen LogP contribution >= 0.6 is 0 Å². The molecule has 0 aliphatic rings. The third-order valence-corrected chi connectivity index (χ3v) is 2.41. The highest BCUT2D eigenvalue weighted by Crippen LogP contribution is 2.23. The Morgan fingerprint density at radius 2 is 2.08 bits per heavy atom. The normalized spacial score (nSPS) is 18.2. The van der Waals surface area contributed by atoms with Gasteiger partial charge in [-0.3, -0.25) is 0 Å². The molecule has 0 rings (SSSR count). The van der Waals surface area contributed by atoms with Crippen LogP contribution in [0.1, 0.15) is 46.5 Å². The highest BCUT2D eigenvalue weighted by Gasteiger charge is 2.22. The molecule has 80 valence electrons. The summed E-state index contributed by atoms with van der Waals surface area (Å²) in [7, 11) is 1.67. The van der Waals surface area contributed by atoms with E-state index in [-0.39, 0.29) is 0 Å². The molecule has 0 aliphatic heterocycles. The number of aliphatic hydroxyl groups is 1. The van der Waals surface area contributed by atoms with Crippen molar-refractivity contribution in [2.24, 2.45) is 5.92 Å². The molecule has 0 aromatic heterocycles.